The van der Waals surface area contributed by atoms with E-state index in [0.29, 0.717) is 0 Å². The van der Waals surface area contributed by atoms with Gasteiger partial charge in [-0.3, -0.25) is 0 Å². The summed E-state index contributed by atoms with van der Waals surface area (Å²) >= 11 is 0. The van der Waals surface area contributed by atoms with Gasteiger partial charge in [0.25, 0.3) is 0 Å². The summed E-state index contributed by atoms with van der Waals surface area (Å²) in [6, 6.07) is 6.77. The zero-order valence-electron chi connectivity index (χ0n) is 11.1. The van der Waals surface area contributed by atoms with E-state index in [1.54, 1.807) is 12.1 Å². The quantitative estimate of drug-likeness (QED) is 0.918. The highest BCUT2D eigenvalue weighted by molar-refractivity contribution is 5.39. The SMILES string of the molecule is CCCc1nc2c(n1-c1cccc(F)c1)CCNC2. The molecule has 1 aliphatic heterocycles. The Morgan fingerprint density at radius 3 is 3.11 bits per heavy atom. The number of imidazole rings is 1. The fourth-order valence-electron chi connectivity index (χ4n) is 2.68. The molecule has 2 aromatic rings. The zero-order chi connectivity index (χ0) is 13.2. The van der Waals surface area contributed by atoms with Gasteiger partial charge < -0.3 is 9.88 Å². The molecule has 1 aromatic heterocycles. The summed E-state index contributed by atoms with van der Waals surface area (Å²) in [4.78, 5) is 4.72. The topological polar surface area (TPSA) is 29.9 Å². The van der Waals surface area contributed by atoms with E-state index >= 15 is 0 Å². The van der Waals surface area contributed by atoms with Gasteiger partial charge in [-0.05, 0) is 24.6 Å². The van der Waals surface area contributed by atoms with Crippen LogP contribution in [0.2, 0.25) is 0 Å². The molecule has 0 atom stereocenters. The molecule has 0 amide bonds. The standard InChI is InChI=1S/C15H18FN3/c1-2-4-15-18-13-10-17-8-7-14(13)19(15)12-6-3-5-11(16)9-12/h3,5-6,9,17H,2,4,7-8,10H2,1H3. The van der Waals surface area contributed by atoms with Crippen LogP contribution in [0.1, 0.15) is 30.6 Å². The second-order valence-corrected chi connectivity index (χ2v) is 4.91. The van der Waals surface area contributed by atoms with E-state index < -0.39 is 0 Å². The van der Waals surface area contributed by atoms with Gasteiger partial charge in [0.15, 0.2) is 0 Å². The Morgan fingerprint density at radius 2 is 2.32 bits per heavy atom. The molecule has 0 radical (unpaired) electrons. The lowest BCUT2D eigenvalue weighted by atomic mass is 10.1. The fourth-order valence-corrected chi connectivity index (χ4v) is 2.68. The number of hydrogen-bond donors (Lipinski definition) is 1. The summed E-state index contributed by atoms with van der Waals surface area (Å²) in [6.45, 7) is 3.91. The molecule has 0 saturated carbocycles. The molecular formula is C15H18FN3. The average molecular weight is 259 g/mol. The highest BCUT2D eigenvalue weighted by Crippen LogP contribution is 2.22. The minimum Gasteiger partial charge on any atom is -0.311 e. The smallest absolute Gasteiger partial charge is 0.125 e. The van der Waals surface area contributed by atoms with Gasteiger partial charge in [-0.2, -0.15) is 0 Å². The summed E-state index contributed by atoms with van der Waals surface area (Å²) in [5, 5.41) is 3.34. The Hall–Kier alpha value is -1.68. The van der Waals surface area contributed by atoms with Gasteiger partial charge in [0.2, 0.25) is 0 Å². The van der Waals surface area contributed by atoms with Crippen molar-refractivity contribution < 1.29 is 4.39 Å². The molecule has 0 unspecified atom stereocenters. The van der Waals surface area contributed by atoms with Gasteiger partial charge in [-0.25, -0.2) is 9.37 Å². The zero-order valence-corrected chi connectivity index (χ0v) is 11.1. The Morgan fingerprint density at radius 1 is 1.42 bits per heavy atom. The third-order valence-corrected chi connectivity index (χ3v) is 3.50. The van der Waals surface area contributed by atoms with Crippen LogP contribution < -0.4 is 5.32 Å². The highest BCUT2D eigenvalue weighted by atomic mass is 19.1. The Labute approximate surface area is 112 Å². The van der Waals surface area contributed by atoms with Crippen LogP contribution in [0.4, 0.5) is 4.39 Å². The van der Waals surface area contributed by atoms with Crippen molar-refractivity contribution in [3.05, 3.63) is 47.3 Å². The summed E-state index contributed by atoms with van der Waals surface area (Å²) in [7, 11) is 0. The van der Waals surface area contributed by atoms with E-state index in [4.69, 9.17) is 4.98 Å². The van der Waals surface area contributed by atoms with Crippen LogP contribution in [0.15, 0.2) is 24.3 Å². The first kappa shape index (κ1) is 12.4. The Bertz CT molecular complexity index is 589. The second kappa shape index (κ2) is 5.13. The van der Waals surface area contributed by atoms with Crippen LogP contribution in [0.5, 0.6) is 0 Å². The summed E-state index contributed by atoms with van der Waals surface area (Å²) in [5.41, 5.74) is 3.23. The van der Waals surface area contributed by atoms with Crippen molar-refractivity contribution in [3.8, 4) is 5.69 Å². The molecule has 3 nitrogen and oxygen atoms in total. The Balaban J connectivity index is 2.14. The molecule has 4 heteroatoms. The molecule has 3 rings (SSSR count). The van der Waals surface area contributed by atoms with Crippen molar-refractivity contribution in [2.24, 2.45) is 0 Å². The third-order valence-electron chi connectivity index (χ3n) is 3.50. The second-order valence-electron chi connectivity index (χ2n) is 4.91. The lowest BCUT2D eigenvalue weighted by Gasteiger charge is -2.16. The predicted octanol–water partition coefficient (Wildman–Crippen LogP) is 2.61. The van der Waals surface area contributed by atoms with E-state index in [0.717, 1.165) is 49.6 Å². The first-order chi connectivity index (χ1) is 9.29. The minimum atomic E-state index is -0.198. The number of benzene rings is 1. The maximum Gasteiger partial charge on any atom is 0.125 e. The van der Waals surface area contributed by atoms with Gasteiger partial charge in [0, 0.05) is 37.3 Å². The molecule has 19 heavy (non-hydrogen) atoms. The van der Waals surface area contributed by atoms with Crippen LogP contribution >= 0.6 is 0 Å². The number of hydrogen-bond acceptors (Lipinski definition) is 2. The lowest BCUT2D eigenvalue weighted by molar-refractivity contribution is 0.615. The summed E-state index contributed by atoms with van der Waals surface area (Å²) < 4.78 is 15.6. The van der Waals surface area contributed by atoms with Crippen LogP contribution in [-0.2, 0) is 19.4 Å². The molecule has 0 fully saturated rings. The normalized spacial score (nSPS) is 14.4. The van der Waals surface area contributed by atoms with Crippen LogP contribution in [0.3, 0.4) is 0 Å². The maximum absolute atomic E-state index is 13.5. The number of fused-ring (bicyclic) bond motifs is 1. The van der Waals surface area contributed by atoms with Crippen molar-refractivity contribution >= 4 is 0 Å². The van der Waals surface area contributed by atoms with Crippen molar-refractivity contribution in [2.75, 3.05) is 6.54 Å². The molecule has 0 bridgehead atoms. The molecular weight excluding hydrogens is 241 g/mol. The number of rotatable bonds is 3. The number of nitrogens with one attached hydrogen (secondary N) is 1. The number of aryl methyl sites for hydroxylation is 1. The van der Waals surface area contributed by atoms with E-state index in [-0.39, 0.29) is 5.82 Å². The lowest BCUT2D eigenvalue weighted by Crippen LogP contribution is -2.24. The van der Waals surface area contributed by atoms with E-state index in [1.165, 1.54) is 11.8 Å². The third kappa shape index (κ3) is 2.28. The van der Waals surface area contributed by atoms with Crippen LogP contribution in [0.25, 0.3) is 5.69 Å². The molecule has 1 N–H and O–H groups in total. The van der Waals surface area contributed by atoms with E-state index in [1.807, 2.05) is 6.07 Å². The van der Waals surface area contributed by atoms with E-state index in [2.05, 4.69) is 16.8 Å². The summed E-state index contributed by atoms with van der Waals surface area (Å²) in [5.74, 6) is 0.845. The average Bonchev–Trinajstić information content (AvgIpc) is 2.77. The van der Waals surface area contributed by atoms with Gasteiger partial charge in [-0.1, -0.05) is 13.0 Å². The highest BCUT2D eigenvalue weighted by Gasteiger charge is 2.20. The molecule has 2 heterocycles. The first-order valence-electron chi connectivity index (χ1n) is 6.85. The molecule has 0 aliphatic carbocycles. The molecule has 0 spiro atoms. The van der Waals surface area contributed by atoms with Crippen molar-refractivity contribution in [1.29, 1.82) is 0 Å². The number of nitrogens with zero attached hydrogens (tertiary/aromatic N) is 2. The van der Waals surface area contributed by atoms with Crippen LogP contribution in [0, 0.1) is 5.82 Å². The van der Waals surface area contributed by atoms with Crippen molar-refractivity contribution in [1.82, 2.24) is 14.9 Å². The summed E-state index contributed by atoms with van der Waals surface area (Å²) in [6.07, 6.45) is 2.91. The van der Waals surface area contributed by atoms with Crippen LogP contribution in [-0.4, -0.2) is 16.1 Å². The van der Waals surface area contributed by atoms with Gasteiger partial charge in [0.1, 0.15) is 11.6 Å². The van der Waals surface area contributed by atoms with E-state index in [9.17, 15) is 4.39 Å². The van der Waals surface area contributed by atoms with Gasteiger partial charge in [0.05, 0.1) is 5.69 Å². The predicted molar refractivity (Wildman–Crippen MR) is 72.9 cm³/mol. The monoisotopic (exact) mass is 259 g/mol. The molecule has 100 valence electrons. The first-order valence-corrected chi connectivity index (χ1v) is 6.85. The fraction of sp³-hybridized carbons (Fsp3) is 0.400. The number of halogens is 1. The Kier molecular flexibility index (Phi) is 3.34. The molecule has 1 aliphatic rings. The van der Waals surface area contributed by atoms with Crippen molar-refractivity contribution in [3.63, 3.8) is 0 Å². The maximum atomic E-state index is 13.5. The molecule has 1 aromatic carbocycles. The minimum absolute atomic E-state index is 0.198. The van der Waals surface area contributed by atoms with Gasteiger partial charge >= 0.3 is 0 Å². The largest absolute Gasteiger partial charge is 0.311 e. The van der Waals surface area contributed by atoms with Crippen molar-refractivity contribution in [2.45, 2.75) is 32.7 Å². The van der Waals surface area contributed by atoms with Gasteiger partial charge in [-0.15, -0.1) is 0 Å². The number of aromatic nitrogens is 2. The molecule has 0 saturated heterocycles.